The lowest BCUT2D eigenvalue weighted by Gasteiger charge is -2.35. The normalized spacial score (nSPS) is 31.4. The van der Waals surface area contributed by atoms with Crippen LogP contribution < -0.4 is 5.32 Å². The largest absolute Gasteiger partial charge is 0.376 e. The van der Waals surface area contributed by atoms with Gasteiger partial charge in [-0.1, -0.05) is 37.9 Å². The average molecular weight is 284 g/mol. The molecular weight excluding hydrogens is 256 g/mol. The highest BCUT2D eigenvalue weighted by Gasteiger charge is 2.27. The maximum atomic E-state index is 5.91. The third-order valence-electron chi connectivity index (χ3n) is 4.33. The van der Waals surface area contributed by atoms with Gasteiger partial charge in [0, 0.05) is 11.3 Å². The summed E-state index contributed by atoms with van der Waals surface area (Å²) >= 11 is 1.85. The van der Waals surface area contributed by atoms with Crippen molar-refractivity contribution in [2.45, 2.75) is 70.4 Å². The number of nitrogens with one attached hydrogen (secondary N) is 1. The highest BCUT2D eigenvalue weighted by Crippen LogP contribution is 2.25. The summed E-state index contributed by atoms with van der Waals surface area (Å²) in [5.74, 6) is 1.18. The van der Waals surface area contributed by atoms with E-state index in [9.17, 15) is 0 Å². The van der Waals surface area contributed by atoms with E-state index in [0.29, 0.717) is 6.10 Å². The monoisotopic (exact) mass is 284 g/mol. The van der Waals surface area contributed by atoms with Crippen LogP contribution in [0.25, 0.3) is 0 Å². The van der Waals surface area contributed by atoms with Crippen molar-refractivity contribution in [1.29, 1.82) is 0 Å². The van der Waals surface area contributed by atoms with Crippen LogP contribution in [0.4, 0.5) is 0 Å². The van der Waals surface area contributed by atoms with Crippen LogP contribution in [0.3, 0.4) is 0 Å². The summed E-state index contributed by atoms with van der Waals surface area (Å²) in [5, 5.41) is 4.69. The Kier molecular flexibility index (Phi) is 6.02. The van der Waals surface area contributed by atoms with Gasteiger partial charge in [0.15, 0.2) is 5.17 Å². The minimum absolute atomic E-state index is 0.244. The predicted octanol–water partition coefficient (Wildman–Crippen LogP) is 3.59. The lowest BCUT2D eigenvalue weighted by molar-refractivity contribution is 0.0335. The van der Waals surface area contributed by atoms with E-state index in [1.165, 1.54) is 44.3 Å². The summed E-state index contributed by atoms with van der Waals surface area (Å²) in [4.78, 5) is 4.65. The van der Waals surface area contributed by atoms with Gasteiger partial charge >= 0.3 is 0 Å². The molecule has 19 heavy (non-hydrogen) atoms. The van der Waals surface area contributed by atoms with Crippen molar-refractivity contribution >= 4 is 16.9 Å². The van der Waals surface area contributed by atoms with Crippen LogP contribution in [0.1, 0.15) is 58.8 Å². The number of amidine groups is 1. The van der Waals surface area contributed by atoms with Gasteiger partial charge in [-0.25, -0.2) is 0 Å². The first-order valence-electron chi connectivity index (χ1n) is 7.79. The van der Waals surface area contributed by atoms with Gasteiger partial charge in [0.1, 0.15) is 0 Å². The van der Waals surface area contributed by atoms with Crippen molar-refractivity contribution in [2.75, 3.05) is 18.9 Å². The van der Waals surface area contributed by atoms with Crippen LogP contribution in [0.2, 0.25) is 0 Å². The summed E-state index contributed by atoms with van der Waals surface area (Å²) in [6, 6.07) is 0. The van der Waals surface area contributed by atoms with Crippen LogP contribution in [0.15, 0.2) is 4.99 Å². The Morgan fingerprint density at radius 3 is 2.89 bits per heavy atom. The van der Waals surface area contributed by atoms with E-state index in [1.54, 1.807) is 0 Å². The van der Waals surface area contributed by atoms with Crippen molar-refractivity contribution < 1.29 is 4.74 Å². The number of aliphatic imine (C=N–C) groups is 1. The third kappa shape index (κ3) is 4.99. The number of hydrogen-bond acceptors (Lipinski definition) is 3. The molecule has 0 aromatic rings. The molecule has 2 fully saturated rings. The molecule has 0 bridgehead atoms. The smallest absolute Gasteiger partial charge is 0.157 e. The van der Waals surface area contributed by atoms with Gasteiger partial charge < -0.3 is 10.1 Å². The van der Waals surface area contributed by atoms with Crippen molar-refractivity contribution in [1.82, 2.24) is 5.32 Å². The van der Waals surface area contributed by atoms with Gasteiger partial charge in [-0.15, -0.1) is 0 Å². The fourth-order valence-corrected chi connectivity index (χ4v) is 3.93. The molecule has 1 N–H and O–H groups in total. The van der Waals surface area contributed by atoms with Gasteiger partial charge in [0.05, 0.1) is 19.3 Å². The number of rotatable bonds is 5. The van der Waals surface area contributed by atoms with E-state index in [2.05, 4.69) is 24.2 Å². The molecule has 1 aliphatic carbocycles. The Labute approximate surface area is 122 Å². The van der Waals surface area contributed by atoms with Gasteiger partial charge in [-0.05, 0) is 32.6 Å². The van der Waals surface area contributed by atoms with Gasteiger partial charge in [0.2, 0.25) is 0 Å². The van der Waals surface area contributed by atoms with Crippen molar-refractivity contribution in [3.05, 3.63) is 0 Å². The first kappa shape index (κ1) is 15.2. The predicted molar refractivity (Wildman–Crippen MR) is 84.0 cm³/mol. The molecule has 1 saturated heterocycles. The molecule has 2 aliphatic rings. The van der Waals surface area contributed by atoms with Crippen LogP contribution in [-0.4, -0.2) is 35.7 Å². The summed E-state index contributed by atoms with van der Waals surface area (Å²) in [5.41, 5.74) is 0.244. The number of thioether (sulfide) groups is 1. The lowest BCUT2D eigenvalue weighted by atomic mass is 9.96. The second kappa shape index (κ2) is 7.53. The molecule has 0 aromatic carbocycles. The topological polar surface area (TPSA) is 33.6 Å². The first-order valence-corrected chi connectivity index (χ1v) is 8.77. The second-order valence-corrected chi connectivity index (χ2v) is 7.04. The van der Waals surface area contributed by atoms with E-state index < -0.39 is 0 Å². The molecule has 110 valence electrons. The third-order valence-corrected chi connectivity index (χ3v) is 5.25. The molecular formula is C15H28N2OS. The Balaban J connectivity index is 1.67. The molecule has 2 rings (SSSR count). The lowest BCUT2D eigenvalue weighted by Crippen LogP contribution is -2.48. The molecule has 1 saturated carbocycles. The summed E-state index contributed by atoms with van der Waals surface area (Å²) < 4.78 is 5.91. The molecule has 0 amide bonds. The van der Waals surface area contributed by atoms with Crippen molar-refractivity contribution in [2.24, 2.45) is 4.99 Å². The molecule has 0 radical (unpaired) electrons. The summed E-state index contributed by atoms with van der Waals surface area (Å²) in [6.07, 6.45) is 9.45. The van der Waals surface area contributed by atoms with E-state index in [1.807, 2.05) is 11.8 Å². The number of nitrogens with zero attached hydrogens (tertiary/aromatic N) is 1. The Morgan fingerprint density at radius 1 is 1.37 bits per heavy atom. The van der Waals surface area contributed by atoms with E-state index >= 15 is 0 Å². The number of ether oxygens (including phenoxy) is 1. The minimum atomic E-state index is 0.244. The first-order chi connectivity index (χ1) is 9.22. The average Bonchev–Trinajstić information content (AvgIpc) is 2.45. The Morgan fingerprint density at radius 2 is 2.16 bits per heavy atom. The molecule has 4 heteroatoms. The zero-order valence-corrected chi connectivity index (χ0v) is 13.2. The standard InChI is InChI=1S/C15H28N2OS/c1-3-15(2)9-12-19-14(17-15)16-10-11-18-13-7-5-4-6-8-13/h13H,3-12H2,1-2H3,(H,16,17). The Hall–Kier alpha value is -0.220. The molecule has 1 atom stereocenters. The Bertz CT molecular complexity index is 303. The SMILES string of the molecule is CCC1(C)CCSC(=NCCOC2CCCCC2)N1. The molecule has 1 heterocycles. The van der Waals surface area contributed by atoms with Crippen LogP contribution in [0.5, 0.6) is 0 Å². The quantitative estimate of drug-likeness (QED) is 0.783. The van der Waals surface area contributed by atoms with Crippen molar-refractivity contribution in [3.63, 3.8) is 0 Å². The zero-order valence-electron chi connectivity index (χ0n) is 12.4. The van der Waals surface area contributed by atoms with Crippen molar-refractivity contribution in [3.8, 4) is 0 Å². The van der Waals surface area contributed by atoms with Crippen LogP contribution >= 0.6 is 11.8 Å². The maximum absolute atomic E-state index is 5.91. The number of hydrogen-bond donors (Lipinski definition) is 1. The van der Waals surface area contributed by atoms with Crippen LogP contribution in [-0.2, 0) is 4.74 Å². The highest BCUT2D eigenvalue weighted by molar-refractivity contribution is 8.13. The van der Waals surface area contributed by atoms with Gasteiger partial charge in [-0.2, -0.15) is 0 Å². The molecule has 3 nitrogen and oxygen atoms in total. The highest BCUT2D eigenvalue weighted by atomic mass is 32.2. The molecule has 0 spiro atoms. The van der Waals surface area contributed by atoms with E-state index in [0.717, 1.165) is 24.7 Å². The molecule has 1 unspecified atom stereocenters. The fourth-order valence-electron chi connectivity index (χ4n) is 2.68. The zero-order chi connectivity index (χ0) is 13.6. The van der Waals surface area contributed by atoms with Crippen LogP contribution in [0, 0.1) is 0 Å². The van der Waals surface area contributed by atoms with E-state index in [4.69, 9.17) is 4.74 Å². The summed E-state index contributed by atoms with van der Waals surface area (Å²) in [6.45, 7) is 6.11. The molecule has 1 aliphatic heterocycles. The van der Waals surface area contributed by atoms with Gasteiger partial charge in [0.25, 0.3) is 0 Å². The minimum Gasteiger partial charge on any atom is -0.376 e. The second-order valence-electron chi connectivity index (χ2n) is 5.96. The summed E-state index contributed by atoms with van der Waals surface area (Å²) in [7, 11) is 0. The maximum Gasteiger partial charge on any atom is 0.157 e. The molecule has 0 aromatic heterocycles. The van der Waals surface area contributed by atoms with E-state index in [-0.39, 0.29) is 5.54 Å². The van der Waals surface area contributed by atoms with Gasteiger partial charge in [-0.3, -0.25) is 4.99 Å². The fraction of sp³-hybridized carbons (Fsp3) is 0.933.